The standard InChI is InChI=1S/CN.K.H2O3S/c1-2;;1-4(2)3/h;;4H,(H,1,2,3). The molecule has 0 aliphatic carbocycles. The first-order valence-corrected chi connectivity index (χ1v) is 3.98. The third kappa shape index (κ3) is 166. The number of nitriles is 1. The van der Waals surface area contributed by atoms with Crippen LogP contribution in [0.3, 0.4) is 0 Å². The Kier molecular flexibility index (Phi) is 15.8. The van der Waals surface area contributed by atoms with Gasteiger partial charge < -0.3 is 0 Å². The van der Waals surface area contributed by atoms with E-state index in [0.717, 1.165) is 0 Å². The number of thiol groups is 1. The van der Waals surface area contributed by atoms with E-state index in [-0.39, 0.29) is 0 Å². The molecule has 0 aromatic carbocycles. The van der Waals surface area contributed by atoms with Crippen molar-refractivity contribution in [3.63, 3.8) is 0 Å². The Bertz CT molecular complexity index is 115. The number of nitrogens with zero attached hydrogens (tertiary/aromatic N) is 1. The molecule has 0 aromatic rings. The monoisotopic (exact) mass is 147 g/mol. The second kappa shape index (κ2) is 10.1. The Morgan fingerprint density at radius 3 is 1.71 bits per heavy atom. The van der Waals surface area contributed by atoms with Crippen molar-refractivity contribution in [1.29, 1.82) is 5.26 Å². The molecule has 1 N–H and O–H groups in total. The fourth-order valence-electron chi connectivity index (χ4n) is 0. The first-order valence-electron chi connectivity index (χ1n) is 1.29. The predicted octanol–water partition coefficient (Wildman–Crippen LogP) is -1.29. The molecule has 6 heteroatoms. The minimum absolute atomic E-state index is 0.410. The van der Waals surface area contributed by atoms with Crippen LogP contribution in [0.15, 0.2) is 0 Å². The van der Waals surface area contributed by atoms with Gasteiger partial charge in [-0.05, 0) is 0 Å². The molecule has 0 aromatic heterocycles. The van der Waals surface area contributed by atoms with Gasteiger partial charge >= 0.3 is 54.4 Å². The summed E-state index contributed by atoms with van der Waals surface area (Å²) in [6.45, 7) is 0. The molecule has 0 saturated carbocycles. The van der Waals surface area contributed by atoms with Crippen molar-refractivity contribution in [1.82, 2.24) is 0 Å². The van der Waals surface area contributed by atoms with Crippen molar-refractivity contribution in [2.45, 2.75) is 0 Å². The van der Waals surface area contributed by atoms with Gasteiger partial charge in [0.05, 0.1) is 0 Å². The molecule has 0 bridgehead atoms. The van der Waals surface area contributed by atoms with Crippen LogP contribution < -0.4 is 0 Å². The Morgan fingerprint density at radius 1 is 1.71 bits per heavy atom. The quantitative estimate of drug-likeness (QED) is 0.254. The van der Waals surface area contributed by atoms with Gasteiger partial charge in [0.1, 0.15) is 0 Å². The predicted molar refractivity (Wildman–Crippen MR) is 24.3 cm³/mol. The van der Waals surface area contributed by atoms with Gasteiger partial charge in [0.25, 0.3) is 11.0 Å². The van der Waals surface area contributed by atoms with Crippen LogP contribution in [0.2, 0.25) is 0 Å². The third-order valence-electron chi connectivity index (χ3n) is 0. The van der Waals surface area contributed by atoms with E-state index in [1.807, 2.05) is 0.164 Å². The summed E-state index contributed by atoms with van der Waals surface area (Å²) in [6.07, 6.45) is 0. The van der Waals surface area contributed by atoms with E-state index in [0.29, 0.717) is 49.0 Å². The molecule has 4 nitrogen and oxygen atoms in total. The molecule has 0 aliphatic heterocycles. The van der Waals surface area contributed by atoms with Crippen molar-refractivity contribution in [3.05, 3.63) is 0 Å². The smallest absolute Gasteiger partial charge is 0.254 e. The van der Waals surface area contributed by atoms with Gasteiger partial charge in [0.15, 0.2) is 0 Å². The molecular weight excluding hydrogens is 145 g/mol. The van der Waals surface area contributed by atoms with Crippen LogP contribution in [0, 0.1) is 5.43 Å². The summed E-state index contributed by atoms with van der Waals surface area (Å²) >= 11 is 0.410. The van der Waals surface area contributed by atoms with Crippen LogP contribution in [0.25, 0.3) is 0 Å². The molecule has 0 aliphatic rings. The van der Waals surface area contributed by atoms with Crippen molar-refractivity contribution < 1.29 is 13.0 Å². The average molecular weight is 147 g/mol. The Morgan fingerprint density at radius 2 is 1.71 bits per heavy atom. The van der Waals surface area contributed by atoms with E-state index in [9.17, 15) is 0 Å². The van der Waals surface area contributed by atoms with E-state index < -0.39 is 11.0 Å². The zero-order valence-corrected chi connectivity index (χ0v) is 7.68. The molecule has 0 radical (unpaired) electrons. The maximum absolute atomic E-state index is 8.59. The minimum Gasteiger partial charge on any atom is -0.288 e. The summed E-state index contributed by atoms with van der Waals surface area (Å²) in [7, 11) is -3.12. The van der Waals surface area contributed by atoms with E-state index in [4.69, 9.17) is 18.2 Å². The van der Waals surface area contributed by atoms with Crippen molar-refractivity contribution in [2.75, 3.05) is 0 Å². The molecule has 36 valence electrons. The fraction of sp³-hybridized carbons (Fsp3) is 0. The third-order valence-corrected chi connectivity index (χ3v) is 0. The van der Waals surface area contributed by atoms with Gasteiger partial charge in [0.2, 0.25) is 0 Å². The zero-order chi connectivity index (χ0) is 6.28. The molecule has 0 saturated heterocycles. The summed E-state index contributed by atoms with van der Waals surface area (Å²) < 4.78 is 26.1. The zero-order valence-electron chi connectivity index (χ0n) is 3.66. The number of hydrogen-bond acceptors (Lipinski definition) is 3. The van der Waals surface area contributed by atoms with Gasteiger partial charge in [-0.3, -0.25) is 4.55 Å². The SMILES string of the molecule is N#[C][K].O=[SH](=O)O. The molecular formula is CH2KNO3S. The van der Waals surface area contributed by atoms with Gasteiger partial charge in [0, 0.05) is 0 Å². The summed E-state index contributed by atoms with van der Waals surface area (Å²) in [5.74, 6) is 0. The fourth-order valence-corrected chi connectivity index (χ4v) is 0. The summed E-state index contributed by atoms with van der Waals surface area (Å²) in [4.78, 5) is 0. The second-order valence-corrected chi connectivity index (χ2v) is 1.64. The van der Waals surface area contributed by atoms with Crippen LogP contribution in [-0.2, 0) is 11.0 Å². The molecule has 0 spiro atoms. The Hall–Kier alpha value is 1.04. The van der Waals surface area contributed by atoms with Gasteiger partial charge in [-0.1, -0.05) is 0 Å². The minimum atomic E-state index is -3.12. The normalized spacial score (nSPS) is 6.14. The van der Waals surface area contributed by atoms with E-state index in [1.165, 1.54) is 0 Å². The molecule has 0 unspecified atom stereocenters. The van der Waals surface area contributed by atoms with E-state index in [2.05, 4.69) is 0 Å². The number of rotatable bonds is 0. The topological polar surface area (TPSA) is 78.2 Å². The molecule has 7 heavy (non-hydrogen) atoms. The first kappa shape index (κ1) is 10.9. The maximum Gasteiger partial charge on any atom is 0.254 e. The van der Waals surface area contributed by atoms with Crippen LogP contribution >= 0.6 is 0 Å². The molecule has 0 heterocycles. The van der Waals surface area contributed by atoms with Crippen LogP contribution in [-0.4, -0.2) is 61.9 Å². The second-order valence-electron chi connectivity index (χ2n) is 0.461. The van der Waals surface area contributed by atoms with Gasteiger partial charge in [-0.2, -0.15) is 0 Å². The van der Waals surface area contributed by atoms with Crippen LogP contribution in [0.5, 0.6) is 0 Å². The average Bonchev–Trinajstić information content (AvgIpc) is 1.33. The van der Waals surface area contributed by atoms with E-state index in [1.54, 1.807) is 0 Å². The van der Waals surface area contributed by atoms with Gasteiger partial charge in [-0.25, -0.2) is 8.42 Å². The van der Waals surface area contributed by atoms with Crippen molar-refractivity contribution >= 4 is 59.9 Å². The van der Waals surface area contributed by atoms with Crippen molar-refractivity contribution in [2.24, 2.45) is 0 Å². The van der Waals surface area contributed by atoms with Gasteiger partial charge in [-0.15, -0.1) is 0 Å². The summed E-state index contributed by atoms with van der Waals surface area (Å²) in [5, 5.41) is 7.40. The van der Waals surface area contributed by atoms with Crippen molar-refractivity contribution in [3.8, 4) is 0.164 Å². The Balaban J connectivity index is 0. The Labute approximate surface area is 76.9 Å². The molecule has 0 fully saturated rings. The van der Waals surface area contributed by atoms with Crippen LogP contribution in [0.1, 0.15) is 0 Å². The largest absolute Gasteiger partial charge is 0.288 e. The number of hydrogen-bond donors (Lipinski definition) is 2. The maximum atomic E-state index is 8.59. The molecule has 0 amide bonds. The van der Waals surface area contributed by atoms with E-state index >= 15 is 0 Å². The molecule has 0 atom stereocenters. The van der Waals surface area contributed by atoms with Crippen LogP contribution in [0.4, 0.5) is 0 Å². The summed E-state index contributed by atoms with van der Waals surface area (Å²) in [6, 6.07) is 0. The molecule has 0 rings (SSSR count). The summed E-state index contributed by atoms with van der Waals surface area (Å²) in [5.41, 5.74) is 0. The first-order chi connectivity index (χ1) is 3.15.